The smallest absolute Gasteiger partial charge is 0.209 e. The van der Waals surface area contributed by atoms with Gasteiger partial charge in [-0.05, 0) is 28.0 Å². The number of rotatable bonds is 1. The summed E-state index contributed by atoms with van der Waals surface area (Å²) in [6, 6.07) is 12.0. The predicted octanol–water partition coefficient (Wildman–Crippen LogP) is 6.58. The molecule has 9 heteroatoms. The molecule has 1 aromatic heterocycles. The fraction of sp³-hybridized carbons (Fsp3) is 0.118. The van der Waals surface area contributed by atoms with Gasteiger partial charge in [0.05, 0.1) is 0 Å². The number of hydrogen-bond acceptors (Lipinski definition) is 3. The normalized spacial score (nSPS) is 14.0. The molecule has 3 aromatic rings. The highest BCUT2D eigenvalue weighted by atomic mass is 35.6. The average Bonchev–Trinajstić information content (AvgIpc) is 2.94. The number of benzene rings is 2. The summed E-state index contributed by atoms with van der Waals surface area (Å²) in [6.45, 7) is 0. The van der Waals surface area contributed by atoms with Crippen molar-refractivity contribution in [3.8, 4) is 0 Å². The van der Waals surface area contributed by atoms with Crippen LogP contribution in [0.3, 0.4) is 0 Å². The van der Waals surface area contributed by atoms with E-state index in [1.807, 2.05) is 42.5 Å². The van der Waals surface area contributed by atoms with E-state index in [-0.39, 0.29) is 17.5 Å². The van der Waals surface area contributed by atoms with Gasteiger partial charge >= 0.3 is 0 Å². The number of halogens is 6. The minimum Gasteiger partial charge on any atom is -0.209 e. The summed E-state index contributed by atoms with van der Waals surface area (Å²) in [4.78, 5) is 12.6. The van der Waals surface area contributed by atoms with E-state index in [9.17, 15) is 0 Å². The second-order valence-corrected chi connectivity index (χ2v) is 10.2. The molecular weight excluding hydrogens is 459 g/mol. The SMILES string of the molecule is ClC(Cl)(Cl)c1nc(C2=Cc3cccc4cccc2c34)nc(C(Cl)(Cl)Cl)n1. The standard InChI is InChI=1S/C17H7Cl6N3/c18-16(19,20)14-24-13(25-15(26-14)17(21,22)23)11-7-9-5-1-3-8-4-2-6-10(11)12(8)9/h1-7H. The molecule has 0 atom stereocenters. The van der Waals surface area contributed by atoms with Gasteiger partial charge in [-0.25, -0.2) is 15.0 Å². The number of nitrogens with zero attached hydrogens (tertiary/aromatic N) is 3. The largest absolute Gasteiger partial charge is 0.250 e. The van der Waals surface area contributed by atoms with E-state index in [1.54, 1.807) is 0 Å². The quantitative estimate of drug-likeness (QED) is 0.298. The Bertz CT molecular complexity index is 1030. The van der Waals surface area contributed by atoms with E-state index in [1.165, 1.54) is 0 Å². The van der Waals surface area contributed by atoms with E-state index in [4.69, 9.17) is 69.6 Å². The van der Waals surface area contributed by atoms with Crippen molar-refractivity contribution < 1.29 is 0 Å². The summed E-state index contributed by atoms with van der Waals surface area (Å²) in [5.41, 5.74) is 2.74. The molecule has 1 aliphatic rings. The first-order valence-electron chi connectivity index (χ1n) is 7.29. The third kappa shape index (κ3) is 3.26. The van der Waals surface area contributed by atoms with Crippen molar-refractivity contribution in [3.05, 3.63) is 65.0 Å². The van der Waals surface area contributed by atoms with Crippen LogP contribution in [-0.2, 0) is 7.59 Å². The third-order valence-corrected chi connectivity index (χ3v) is 4.92. The van der Waals surface area contributed by atoms with Crippen molar-refractivity contribution in [3.63, 3.8) is 0 Å². The Morgan fingerprint density at radius 3 is 1.85 bits per heavy atom. The van der Waals surface area contributed by atoms with Crippen molar-refractivity contribution >= 4 is 92.0 Å². The lowest BCUT2D eigenvalue weighted by atomic mass is 10.0. The van der Waals surface area contributed by atoms with Gasteiger partial charge < -0.3 is 0 Å². The van der Waals surface area contributed by atoms with Crippen LogP contribution in [0.4, 0.5) is 0 Å². The maximum atomic E-state index is 5.96. The minimum atomic E-state index is -1.89. The molecule has 2 aromatic carbocycles. The molecule has 0 fully saturated rings. The molecule has 0 saturated heterocycles. The molecule has 0 aliphatic heterocycles. The molecule has 0 N–H and O–H groups in total. The molecule has 0 bridgehead atoms. The molecule has 1 aliphatic carbocycles. The highest BCUT2D eigenvalue weighted by molar-refractivity contribution is 6.67. The maximum absolute atomic E-state index is 5.96. The minimum absolute atomic E-state index is 0.113. The lowest BCUT2D eigenvalue weighted by molar-refractivity contribution is 0.832. The summed E-state index contributed by atoms with van der Waals surface area (Å²) in [7, 11) is 0. The van der Waals surface area contributed by atoms with E-state index < -0.39 is 7.59 Å². The van der Waals surface area contributed by atoms with Crippen LogP contribution in [0.1, 0.15) is 28.6 Å². The van der Waals surface area contributed by atoms with Crippen LogP contribution in [0.5, 0.6) is 0 Å². The summed E-state index contributed by atoms with van der Waals surface area (Å²) in [5, 5.41) is 2.19. The van der Waals surface area contributed by atoms with Gasteiger partial charge in [0, 0.05) is 5.57 Å². The molecular formula is C17H7Cl6N3. The summed E-state index contributed by atoms with van der Waals surface area (Å²) >= 11 is 35.8. The van der Waals surface area contributed by atoms with E-state index >= 15 is 0 Å². The zero-order chi connectivity index (χ0) is 18.7. The van der Waals surface area contributed by atoms with Gasteiger partial charge in [-0.2, -0.15) is 0 Å². The van der Waals surface area contributed by atoms with Crippen LogP contribution in [0.25, 0.3) is 22.4 Å². The summed E-state index contributed by atoms with van der Waals surface area (Å²) in [5.74, 6) is 0.0436. The molecule has 0 saturated carbocycles. The molecule has 0 spiro atoms. The van der Waals surface area contributed by atoms with Crippen LogP contribution in [-0.4, -0.2) is 15.0 Å². The van der Waals surface area contributed by atoms with Crippen LogP contribution >= 0.6 is 69.6 Å². The van der Waals surface area contributed by atoms with E-state index in [2.05, 4.69) is 15.0 Å². The monoisotopic (exact) mass is 463 g/mol. The van der Waals surface area contributed by atoms with Gasteiger partial charge in [0.15, 0.2) is 17.5 Å². The molecule has 132 valence electrons. The van der Waals surface area contributed by atoms with Gasteiger partial charge in [-0.3, -0.25) is 0 Å². The first kappa shape index (κ1) is 18.5. The fourth-order valence-electron chi connectivity index (χ4n) is 2.88. The molecule has 0 unspecified atom stereocenters. The number of aromatic nitrogens is 3. The Labute approximate surface area is 178 Å². The van der Waals surface area contributed by atoms with Crippen molar-refractivity contribution in [2.24, 2.45) is 0 Å². The Balaban J connectivity index is 1.96. The first-order chi connectivity index (χ1) is 12.1. The van der Waals surface area contributed by atoms with Gasteiger partial charge in [-0.15, -0.1) is 0 Å². The second-order valence-electron chi connectivity index (χ2n) is 5.61. The Hall–Kier alpha value is -0.810. The Morgan fingerprint density at radius 1 is 0.692 bits per heavy atom. The molecule has 3 nitrogen and oxygen atoms in total. The molecule has 0 amide bonds. The molecule has 0 radical (unpaired) electrons. The lowest BCUT2D eigenvalue weighted by Crippen LogP contribution is -2.18. The highest BCUT2D eigenvalue weighted by Gasteiger charge is 2.35. The highest BCUT2D eigenvalue weighted by Crippen LogP contribution is 2.43. The lowest BCUT2D eigenvalue weighted by Gasteiger charge is -2.16. The topological polar surface area (TPSA) is 38.7 Å². The van der Waals surface area contributed by atoms with Crippen molar-refractivity contribution in [2.45, 2.75) is 7.59 Å². The van der Waals surface area contributed by atoms with Gasteiger partial charge in [0.25, 0.3) is 0 Å². The number of hydrogen-bond donors (Lipinski definition) is 0. The Kier molecular flexibility index (Phi) is 4.54. The van der Waals surface area contributed by atoms with Gasteiger partial charge in [0.1, 0.15) is 0 Å². The first-order valence-corrected chi connectivity index (χ1v) is 9.56. The van der Waals surface area contributed by atoms with Crippen LogP contribution in [0.2, 0.25) is 0 Å². The number of alkyl halides is 6. The maximum Gasteiger partial charge on any atom is 0.250 e. The van der Waals surface area contributed by atoms with E-state index in [0.29, 0.717) is 0 Å². The van der Waals surface area contributed by atoms with Crippen LogP contribution < -0.4 is 0 Å². The Morgan fingerprint density at radius 2 is 1.27 bits per heavy atom. The van der Waals surface area contributed by atoms with Crippen molar-refractivity contribution in [2.75, 3.05) is 0 Å². The van der Waals surface area contributed by atoms with E-state index in [0.717, 1.165) is 27.5 Å². The van der Waals surface area contributed by atoms with Gasteiger partial charge in [-0.1, -0.05) is 106 Å². The third-order valence-electron chi connectivity index (χ3n) is 3.91. The predicted molar refractivity (Wildman–Crippen MR) is 109 cm³/mol. The molecule has 4 rings (SSSR count). The van der Waals surface area contributed by atoms with Crippen molar-refractivity contribution in [1.29, 1.82) is 0 Å². The second kappa shape index (κ2) is 6.37. The zero-order valence-corrected chi connectivity index (χ0v) is 17.2. The van der Waals surface area contributed by atoms with Crippen molar-refractivity contribution in [1.82, 2.24) is 15.0 Å². The average molecular weight is 466 g/mol. The zero-order valence-electron chi connectivity index (χ0n) is 12.7. The summed E-state index contributed by atoms with van der Waals surface area (Å²) < 4.78 is -3.78. The molecule has 1 heterocycles. The van der Waals surface area contributed by atoms with Gasteiger partial charge in [0.2, 0.25) is 7.59 Å². The summed E-state index contributed by atoms with van der Waals surface area (Å²) in [6.07, 6.45) is 1.96. The van der Waals surface area contributed by atoms with Crippen LogP contribution in [0, 0.1) is 0 Å². The molecule has 26 heavy (non-hydrogen) atoms. The van der Waals surface area contributed by atoms with Crippen LogP contribution in [0.15, 0.2) is 36.4 Å². The fourth-order valence-corrected chi connectivity index (χ4v) is 3.39.